The fourth-order valence-corrected chi connectivity index (χ4v) is 1.65. The molecule has 2 N–H and O–H groups in total. The monoisotopic (exact) mass is 225 g/mol. The molecule has 1 rings (SSSR count). The first kappa shape index (κ1) is 13.0. The standard InChI is InChI=1S/C13H20FNO/c1-3-12(4-2)16-13-8-10(5-6-15)7-11(14)9-13/h7-9,12H,3-6,15H2,1-2H3. The van der Waals surface area contributed by atoms with Gasteiger partial charge in [0, 0.05) is 6.07 Å². The Kier molecular flexibility index (Phi) is 5.26. The highest BCUT2D eigenvalue weighted by Gasteiger charge is 2.07. The average molecular weight is 225 g/mol. The van der Waals surface area contributed by atoms with Gasteiger partial charge < -0.3 is 10.5 Å². The van der Waals surface area contributed by atoms with Crippen LogP contribution in [0.15, 0.2) is 18.2 Å². The second-order valence-corrected chi connectivity index (χ2v) is 3.89. The van der Waals surface area contributed by atoms with Crippen LogP contribution in [0.3, 0.4) is 0 Å². The number of ether oxygens (including phenoxy) is 1. The molecule has 0 fully saturated rings. The highest BCUT2D eigenvalue weighted by atomic mass is 19.1. The third kappa shape index (κ3) is 3.81. The minimum atomic E-state index is -0.257. The third-order valence-electron chi connectivity index (χ3n) is 2.58. The predicted octanol–water partition coefficient (Wildman–Crippen LogP) is 2.89. The van der Waals surface area contributed by atoms with Gasteiger partial charge in [0.25, 0.3) is 0 Å². The summed E-state index contributed by atoms with van der Waals surface area (Å²) in [5.41, 5.74) is 6.34. The number of benzene rings is 1. The molecule has 0 spiro atoms. The fourth-order valence-electron chi connectivity index (χ4n) is 1.65. The van der Waals surface area contributed by atoms with Crippen molar-refractivity contribution in [1.82, 2.24) is 0 Å². The van der Waals surface area contributed by atoms with E-state index in [1.807, 2.05) is 6.07 Å². The van der Waals surface area contributed by atoms with E-state index in [0.29, 0.717) is 18.7 Å². The van der Waals surface area contributed by atoms with Crippen LogP contribution >= 0.6 is 0 Å². The van der Waals surface area contributed by atoms with Gasteiger partial charge in [-0.15, -0.1) is 0 Å². The van der Waals surface area contributed by atoms with E-state index in [1.54, 1.807) is 0 Å². The zero-order valence-electron chi connectivity index (χ0n) is 10.0. The van der Waals surface area contributed by atoms with Gasteiger partial charge in [-0.05, 0) is 43.5 Å². The topological polar surface area (TPSA) is 35.2 Å². The maximum atomic E-state index is 13.3. The molecule has 16 heavy (non-hydrogen) atoms. The van der Waals surface area contributed by atoms with Crippen molar-refractivity contribution in [2.45, 2.75) is 39.2 Å². The molecule has 0 aliphatic heterocycles. The Balaban J connectivity index is 2.78. The summed E-state index contributed by atoms with van der Waals surface area (Å²) in [6, 6.07) is 4.80. The van der Waals surface area contributed by atoms with E-state index in [-0.39, 0.29) is 11.9 Å². The molecule has 0 saturated heterocycles. The molecule has 0 bridgehead atoms. The third-order valence-corrected chi connectivity index (χ3v) is 2.58. The van der Waals surface area contributed by atoms with Crippen LogP contribution in [0.25, 0.3) is 0 Å². The highest BCUT2D eigenvalue weighted by molar-refractivity contribution is 5.30. The molecule has 0 aromatic heterocycles. The Morgan fingerprint density at radius 3 is 2.50 bits per heavy atom. The largest absolute Gasteiger partial charge is 0.490 e. The molecule has 2 nitrogen and oxygen atoms in total. The molecule has 0 unspecified atom stereocenters. The van der Waals surface area contributed by atoms with Crippen molar-refractivity contribution in [2.24, 2.45) is 5.73 Å². The van der Waals surface area contributed by atoms with E-state index in [4.69, 9.17) is 10.5 Å². The molecule has 0 atom stereocenters. The summed E-state index contributed by atoms with van der Waals surface area (Å²) in [4.78, 5) is 0. The van der Waals surface area contributed by atoms with Gasteiger partial charge in [0.05, 0.1) is 6.10 Å². The first-order valence-electron chi connectivity index (χ1n) is 5.85. The van der Waals surface area contributed by atoms with E-state index < -0.39 is 0 Å². The van der Waals surface area contributed by atoms with Crippen LogP contribution in [0.5, 0.6) is 5.75 Å². The molecule has 0 amide bonds. The molecule has 0 aliphatic carbocycles. The van der Waals surface area contributed by atoms with Crippen LogP contribution in [0.4, 0.5) is 4.39 Å². The molecule has 0 saturated carbocycles. The van der Waals surface area contributed by atoms with Crippen LogP contribution in [0.1, 0.15) is 32.3 Å². The lowest BCUT2D eigenvalue weighted by molar-refractivity contribution is 0.192. The molecular weight excluding hydrogens is 205 g/mol. The maximum absolute atomic E-state index is 13.3. The molecule has 0 heterocycles. The highest BCUT2D eigenvalue weighted by Crippen LogP contribution is 2.19. The number of halogens is 1. The van der Waals surface area contributed by atoms with Crippen molar-refractivity contribution < 1.29 is 9.13 Å². The lowest BCUT2D eigenvalue weighted by Gasteiger charge is -2.16. The second kappa shape index (κ2) is 6.48. The Hall–Kier alpha value is -1.09. The van der Waals surface area contributed by atoms with Gasteiger partial charge in [0.15, 0.2) is 0 Å². The summed E-state index contributed by atoms with van der Waals surface area (Å²) in [5, 5.41) is 0. The smallest absolute Gasteiger partial charge is 0.127 e. The van der Waals surface area contributed by atoms with Gasteiger partial charge in [0.1, 0.15) is 11.6 Å². The Morgan fingerprint density at radius 2 is 1.94 bits per heavy atom. The minimum absolute atomic E-state index is 0.160. The van der Waals surface area contributed by atoms with E-state index in [2.05, 4.69) is 13.8 Å². The summed E-state index contributed by atoms with van der Waals surface area (Å²) in [5.74, 6) is 0.351. The molecular formula is C13H20FNO. The number of nitrogens with two attached hydrogens (primary N) is 1. The molecule has 0 aliphatic rings. The first-order valence-corrected chi connectivity index (χ1v) is 5.85. The van der Waals surface area contributed by atoms with Crippen molar-refractivity contribution >= 4 is 0 Å². The summed E-state index contributed by atoms with van der Waals surface area (Å²) in [7, 11) is 0. The van der Waals surface area contributed by atoms with Gasteiger partial charge in [-0.3, -0.25) is 0 Å². The Labute approximate surface area is 96.6 Å². The van der Waals surface area contributed by atoms with Gasteiger partial charge in [-0.2, -0.15) is 0 Å². The van der Waals surface area contributed by atoms with E-state index in [9.17, 15) is 4.39 Å². The van der Waals surface area contributed by atoms with E-state index >= 15 is 0 Å². The zero-order chi connectivity index (χ0) is 12.0. The SMILES string of the molecule is CCC(CC)Oc1cc(F)cc(CCN)c1. The van der Waals surface area contributed by atoms with Crippen LogP contribution < -0.4 is 10.5 Å². The van der Waals surface area contributed by atoms with Gasteiger partial charge in [-0.1, -0.05) is 13.8 Å². The Morgan fingerprint density at radius 1 is 1.25 bits per heavy atom. The second-order valence-electron chi connectivity index (χ2n) is 3.89. The summed E-state index contributed by atoms with van der Waals surface area (Å²) < 4.78 is 19.0. The maximum Gasteiger partial charge on any atom is 0.127 e. The molecule has 90 valence electrons. The van der Waals surface area contributed by atoms with E-state index in [1.165, 1.54) is 12.1 Å². The molecule has 1 aromatic carbocycles. The van der Waals surface area contributed by atoms with Crippen molar-refractivity contribution in [1.29, 1.82) is 0 Å². The quantitative estimate of drug-likeness (QED) is 0.808. The normalized spacial score (nSPS) is 10.8. The van der Waals surface area contributed by atoms with Crippen LogP contribution in [-0.2, 0) is 6.42 Å². The Bertz CT molecular complexity index is 324. The van der Waals surface area contributed by atoms with Gasteiger partial charge in [-0.25, -0.2) is 4.39 Å². The number of rotatable bonds is 6. The average Bonchev–Trinajstić information content (AvgIpc) is 2.25. The minimum Gasteiger partial charge on any atom is -0.490 e. The lowest BCUT2D eigenvalue weighted by atomic mass is 10.1. The van der Waals surface area contributed by atoms with Crippen LogP contribution in [0.2, 0.25) is 0 Å². The van der Waals surface area contributed by atoms with Crippen LogP contribution in [-0.4, -0.2) is 12.6 Å². The fraction of sp³-hybridized carbons (Fsp3) is 0.538. The zero-order valence-corrected chi connectivity index (χ0v) is 10.0. The van der Waals surface area contributed by atoms with Gasteiger partial charge >= 0.3 is 0 Å². The predicted molar refractivity (Wildman–Crippen MR) is 64.2 cm³/mol. The van der Waals surface area contributed by atoms with Crippen molar-refractivity contribution in [3.63, 3.8) is 0 Å². The van der Waals surface area contributed by atoms with Crippen molar-refractivity contribution in [2.75, 3.05) is 6.54 Å². The lowest BCUT2D eigenvalue weighted by Crippen LogP contribution is -2.14. The first-order chi connectivity index (χ1) is 7.69. The summed E-state index contributed by atoms with van der Waals surface area (Å²) >= 11 is 0. The number of hydrogen-bond donors (Lipinski definition) is 1. The molecule has 0 radical (unpaired) electrons. The van der Waals surface area contributed by atoms with Crippen molar-refractivity contribution in [3.05, 3.63) is 29.6 Å². The molecule has 3 heteroatoms. The van der Waals surface area contributed by atoms with Crippen LogP contribution in [0, 0.1) is 5.82 Å². The van der Waals surface area contributed by atoms with Crippen molar-refractivity contribution in [3.8, 4) is 5.75 Å². The summed E-state index contributed by atoms with van der Waals surface area (Å²) in [6.07, 6.45) is 2.70. The van der Waals surface area contributed by atoms with E-state index in [0.717, 1.165) is 18.4 Å². The number of hydrogen-bond acceptors (Lipinski definition) is 2. The summed E-state index contributed by atoms with van der Waals surface area (Å²) in [6.45, 7) is 4.65. The van der Waals surface area contributed by atoms with Gasteiger partial charge in [0.2, 0.25) is 0 Å². The molecule has 1 aromatic rings.